The van der Waals surface area contributed by atoms with Crippen LogP contribution < -0.4 is 4.74 Å². The third-order valence-electron chi connectivity index (χ3n) is 6.10. The van der Waals surface area contributed by atoms with Crippen molar-refractivity contribution >= 4 is 34.8 Å². The molecule has 6 nitrogen and oxygen atoms in total. The second-order valence-corrected chi connectivity index (χ2v) is 9.94. The van der Waals surface area contributed by atoms with Crippen molar-refractivity contribution in [3.05, 3.63) is 86.8 Å². The third-order valence-corrected chi connectivity index (χ3v) is 7.33. The minimum absolute atomic E-state index is 0.0679. The van der Waals surface area contributed by atoms with E-state index in [9.17, 15) is 14.0 Å². The molecule has 0 N–H and O–H groups in total. The van der Waals surface area contributed by atoms with Gasteiger partial charge in [-0.2, -0.15) is 0 Å². The highest BCUT2D eigenvalue weighted by atomic mass is 35.5. The number of halogens is 2. The van der Waals surface area contributed by atoms with E-state index in [1.54, 1.807) is 64.6 Å². The number of carbonyl (C=O) groups is 2. The van der Waals surface area contributed by atoms with Gasteiger partial charge in [0.25, 0.3) is 5.91 Å². The maximum atomic E-state index is 13.6. The number of amides is 2. The molecule has 1 aromatic heterocycles. The highest BCUT2D eigenvalue weighted by Gasteiger charge is 2.33. The molecule has 0 saturated carbocycles. The zero-order chi connectivity index (χ0) is 25.5. The summed E-state index contributed by atoms with van der Waals surface area (Å²) in [6, 6.07) is 14.3. The van der Waals surface area contributed by atoms with Gasteiger partial charge in [-0.1, -0.05) is 17.7 Å². The van der Waals surface area contributed by atoms with Crippen LogP contribution in [0.1, 0.15) is 33.3 Å². The van der Waals surface area contributed by atoms with Crippen molar-refractivity contribution in [2.24, 2.45) is 0 Å². The lowest BCUT2D eigenvalue weighted by atomic mass is 10.0. The number of benzene rings is 2. The summed E-state index contributed by atoms with van der Waals surface area (Å²) in [4.78, 5) is 31.5. The lowest BCUT2D eigenvalue weighted by Gasteiger charge is -2.37. The molecule has 2 heterocycles. The number of methoxy groups -OCH3 is 1. The Hall–Kier alpha value is -2.94. The molecule has 0 fully saturated rings. The Bertz CT molecular complexity index is 1190. The molecule has 2 amide bonds. The normalized spacial score (nSPS) is 14.9. The summed E-state index contributed by atoms with van der Waals surface area (Å²) in [5.41, 5.74) is 1.48. The second kappa shape index (κ2) is 12.3. The van der Waals surface area contributed by atoms with Crippen LogP contribution in [0.25, 0.3) is 0 Å². The fourth-order valence-electron chi connectivity index (χ4n) is 4.29. The molecule has 2 aromatic carbocycles. The Labute approximate surface area is 219 Å². The van der Waals surface area contributed by atoms with Crippen LogP contribution in [0.3, 0.4) is 0 Å². The predicted octanol–water partition coefficient (Wildman–Crippen LogP) is 5.22. The van der Waals surface area contributed by atoms with Gasteiger partial charge < -0.3 is 19.3 Å². The quantitative estimate of drug-likeness (QED) is 0.337. The number of hydrogen-bond acceptors (Lipinski definition) is 5. The fraction of sp³-hybridized carbons (Fsp3) is 0.333. The van der Waals surface area contributed by atoms with E-state index in [-0.39, 0.29) is 36.8 Å². The Morgan fingerprint density at radius 2 is 2.00 bits per heavy atom. The van der Waals surface area contributed by atoms with Crippen LogP contribution in [0.4, 0.5) is 4.39 Å². The molecule has 0 unspecified atom stereocenters. The van der Waals surface area contributed by atoms with E-state index >= 15 is 0 Å². The van der Waals surface area contributed by atoms with Gasteiger partial charge in [-0.3, -0.25) is 9.59 Å². The van der Waals surface area contributed by atoms with E-state index in [4.69, 9.17) is 21.1 Å². The van der Waals surface area contributed by atoms with Crippen LogP contribution in [-0.4, -0.2) is 61.6 Å². The number of fused-ring (bicyclic) bond motifs is 1. The summed E-state index contributed by atoms with van der Waals surface area (Å²) < 4.78 is 24.4. The van der Waals surface area contributed by atoms with Crippen LogP contribution >= 0.6 is 22.9 Å². The summed E-state index contributed by atoms with van der Waals surface area (Å²) in [5, 5.41) is 2.48. The summed E-state index contributed by atoms with van der Waals surface area (Å²) >= 11 is 7.76. The second-order valence-electron chi connectivity index (χ2n) is 8.50. The maximum Gasteiger partial charge on any atom is 0.254 e. The van der Waals surface area contributed by atoms with Crippen molar-refractivity contribution in [3.8, 4) is 5.75 Å². The van der Waals surface area contributed by atoms with E-state index in [1.807, 2.05) is 11.4 Å². The van der Waals surface area contributed by atoms with Crippen LogP contribution in [0.5, 0.6) is 5.75 Å². The van der Waals surface area contributed by atoms with Crippen LogP contribution in [-0.2, 0) is 16.0 Å². The van der Waals surface area contributed by atoms with Crippen molar-refractivity contribution in [1.82, 2.24) is 9.80 Å². The SMILES string of the molecule is COCCCN(CC(=O)N1CCc2sccc2[C@H]1COc1ccc(F)cc1)C(=O)c1cccc(Cl)c1. The molecule has 0 spiro atoms. The molecular formula is C27H28ClFN2O4S. The van der Waals surface area contributed by atoms with Crippen LogP contribution in [0, 0.1) is 5.82 Å². The van der Waals surface area contributed by atoms with Gasteiger partial charge in [-0.25, -0.2) is 4.39 Å². The molecule has 4 rings (SSSR count). The number of ether oxygens (including phenoxy) is 2. The van der Waals surface area contributed by atoms with Gasteiger partial charge in [0.15, 0.2) is 0 Å². The van der Waals surface area contributed by atoms with Crippen LogP contribution in [0.15, 0.2) is 60.0 Å². The van der Waals surface area contributed by atoms with Crippen molar-refractivity contribution in [2.75, 3.05) is 40.0 Å². The molecule has 36 heavy (non-hydrogen) atoms. The molecule has 0 saturated heterocycles. The molecule has 0 radical (unpaired) electrons. The molecule has 0 aliphatic carbocycles. The number of thiophene rings is 1. The largest absolute Gasteiger partial charge is 0.491 e. The molecule has 1 aliphatic rings. The highest BCUT2D eigenvalue weighted by molar-refractivity contribution is 7.10. The molecule has 1 atom stereocenters. The van der Waals surface area contributed by atoms with Crippen LogP contribution in [0.2, 0.25) is 5.02 Å². The number of nitrogens with zero attached hydrogens (tertiary/aromatic N) is 2. The fourth-order valence-corrected chi connectivity index (χ4v) is 5.41. The summed E-state index contributed by atoms with van der Waals surface area (Å²) in [6.07, 6.45) is 1.35. The lowest BCUT2D eigenvalue weighted by molar-refractivity contribution is -0.135. The first-order chi connectivity index (χ1) is 17.5. The first-order valence-electron chi connectivity index (χ1n) is 11.7. The van der Waals surface area contributed by atoms with E-state index in [0.717, 1.165) is 12.0 Å². The number of carbonyl (C=O) groups excluding carboxylic acids is 2. The molecular weight excluding hydrogens is 503 g/mol. The zero-order valence-electron chi connectivity index (χ0n) is 20.0. The van der Waals surface area contributed by atoms with Gasteiger partial charge in [0.1, 0.15) is 24.7 Å². The highest BCUT2D eigenvalue weighted by Crippen LogP contribution is 2.34. The average Bonchev–Trinajstić information content (AvgIpc) is 3.36. The topological polar surface area (TPSA) is 59.1 Å². The summed E-state index contributed by atoms with van der Waals surface area (Å²) in [7, 11) is 1.60. The Balaban J connectivity index is 1.52. The zero-order valence-corrected chi connectivity index (χ0v) is 21.6. The van der Waals surface area contributed by atoms with E-state index < -0.39 is 0 Å². The molecule has 190 valence electrons. The monoisotopic (exact) mass is 530 g/mol. The summed E-state index contributed by atoms with van der Waals surface area (Å²) in [6.45, 7) is 1.54. The molecule has 0 bridgehead atoms. The number of rotatable bonds is 10. The van der Waals surface area contributed by atoms with E-state index in [1.165, 1.54) is 17.0 Å². The van der Waals surface area contributed by atoms with Gasteiger partial charge >= 0.3 is 0 Å². The molecule has 3 aromatic rings. The van der Waals surface area contributed by atoms with Gasteiger partial charge in [0.2, 0.25) is 5.91 Å². The maximum absolute atomic E-state index is 13.6. The molecule has 9 heteroatoms. The van der Waals surface area contributed by atoms with Gasteiger partial charge in [-0.15, -0.1) is 11.3 Å². The predicted molar refractivity (Wildman–Crippen MR) is 138 cm³/mol. The Morgan fingerprint density at radius 1 is 1.19 bits per heavy atom. The van der Waals surface area contributed by atoms with Gasteiger partial charge in [-0.05, 0) is 72.3 Å². The van der Waals surface area contributed by atoms with Crippen molar-refractivity contribution < 1.29 is 23.5 Å². The Morgan fingerprint density at radius 3 is 2.75 bits per heavy atom. The standard InChI is InChI=1S/C27H28ClFN2O4S/c1-34-14-3-12-30(27(33)19-4-2-5-20(28)16-19)17-26(32)31-13-10-25-23(11-15-36-25)24(31)18-35-22-8-6-21(29)7-9-22/h2,4-9,11,15-16,24H,3,10,12-14,17-18H2,1H3/t24-/m1/s1. The van der Waals surface area contributed by atoms with Gasteiger partial charge in [0.05, 0.1) is 6.04 Å². The van der Waals surface area contributed by atoms with E-state index in [0.29, 0.717) is 42.5 Å². The minimum Gasteiger partial charge on any atom is -0.491 e. The first kappa shape index (κ1) is 26.1. The average molecular weight is 531 g/mol. The molecule has 1 aliphatic heterocycles. The lowest BCUT2D eigenvalue weighted by Crippen LogP contribution is -2.48. The van der Waals surface area contributed by atoms with Gasteiger partial charge in [0, 0.05) is 42.3 Å². The first-order valence-corrected chi connectivity index (χ1v) is 13.0. The Kier molecular flexibility index (Phi) is 8.96. The third kappa shape index (κ3) is 6.43. The minimum atomic E-state index is -0.338. The van der Waals surface area contributed by atoms with Crippen molar-refractivity contribution in [2.45, 2.75) is 18.9 Å². The van der Waals surface area contributed by atoms with Crippen molar-refractivity contribution in [1.29, 1.82) is 0 Å². The number of hydrogen-bond donors (Lipinski definition) is 0. The van der Waals surface area contributed by atoms with E-state index in [2.05, 4.69) is 0 Å². The smallest absolute Gasteiger partial charge is 0.254 e. The van der Waals surface area contributed by atoms with Crippen molar-refractivity contribution in [3.63, 3.8) is 0 Å². The summed E-state index contributed by atoms with van der Waals surface area (Å²) in [5.74, 6) is -0.222.